The van der Waals surface area contributed by atoms with Gasteiger partial charge in [0.2, 0.25) is 0 Å². The lowest BCUT2D eigenvalue weighted by atomic mass is 9.88. The molecule has 0 spiro atoms. The zero-order chi connectivity index (χ0) is 12.1. The number of hydrogen-bond acceptors (Lipinski definition) is 2. The molecule has 0 heterocycles. The van der Waals surface area contributed by atoms with Crippen molar-refractivity contribution in [2.45, 2.75) is 33.2 Å². The molecule has 0 aromatic heterocycles. The first-order valence-electron chi connectivity index (χ1n) is 5.93. The van der Waals surface area contributed by atoms with Crippen molar-refractivity contribution >= 4 is 0 Å². The maximum absolute atomic E-state index is 6.14. The molecule has 0 saturated carbocycles. The van der Waals surface area contributed by atoms with Crippen LogP contribution in [0.3, 0.4) is 0 Å². The van der Waals surface area contributed by atoms with Crippen LogP contribution < -0.4 is 10.5 Å². The van der Waals surface area contributed by atoms with E-state index in [4.69, 9.17) is 10.5 Å². The molecule has 16 heavy (non-hydrogen) atoms. The second-order valence-electron chi connectivity index (χ2n) is 4.85. The first kappa shape index (κ1) is 13.0. The number of nitrogens with two attached hydrogens (primary N) is 1. The molecule has 1 rings (SSSR count). The van der Waals surface area contributed by atoms with Gasteiger partial charge < -0.3 is 10.5 Å². The molecule has 2 unspecified atom stereocenters. The van der Waals surface area contributed by atoms with Gasteiger partial charge in [0.15, 0.2) is 0 Å². The van der Waals surface area contributed by atoms with E-state index >= 15 is 0 Å². The summed E-state index contributed by atoms with van der Waals surface area (Å²) >= 11 is 0. The Morgan fingerprint density at radius 2 is 1.69 bits per heavy atom. The molecule has 0 aliphatic carbocycles. The normalized spacial score (nSPS) is 14.9. The van der Waals surface area contributed by atoms with Crippen LogP contribution in [0.25, 0.3) is 0 Å². The molecule has 2 nitrogen and oxygen atoms in total. The molecule has 2 atom stereocenters. The standard InChI is InChI=1S/C14H23NO/c1-10(2)14(15)11(3)9-12-5-7-13(16-4)8-6-12/h5-8,10-11,14H,9,15H2,1-4H3. The van der Waals surface area contributed by atoms with Gasteiger partial charge in [-0.25, -0.2) is 0 Å². The highest BCUT2D eigenvalue weighted by Crippen LogP contribution is 2.18. The van der Waals surface area contributed by atoms with Crippen LogP contribution in [0.5, 0.6) is 5.75 Å². The molecule has 1 aromatic carbocycles. The molecule has 2 heteroatoms. The summed E-state index contributed by atoms with van der Waals surface area (Å²) in [6, 6.07) is 8.50. The Morgan fingerprint density at radius 1 is 1.12 bits per heavy atom. The zero-order valence-electron chi connectivity index (χ0n) is 10.7. The van der Waals surface area contributed by atoms with Gasteiger partial charge >= 0.3 is 0 Å². The smallest absolute Gasteiger partial charge is 0.118 e. The molecule has 0 bridgehead atoms. The lowest BCUT2D eigenvalue weighted by Crippen LogP contribution is -2.34. The highest BCUT2D eigenvalue weighted by Gasteiger charge is 2.16. The number of benzene rings is 1. The second-order valence-corrected chi connectivity index (χ2v) is 4.85. The first-order valence-corrected chi connectivity index (χ1v) is 5.93. The van der Waals surface area contributed by atoms with E-state index in [0.717, 1.165) is 12.2 Å². The topological polar surface area (TPSA) is 35.2 Å². The molecule has 2 N–H and O–H groups in total. The van der Waals surface area contributed by atoms with Gasteiger partial charge in [0.1, 0.15) is 5.75 Å². The average molecular weight is 221 g/mol. The number of ether oxygens (including phenoxy) is 1. The summed E-state index contributed by atoms with van der Waals surface area (Å²) in [6.07, 6.45) is 1.03. The fourth-order valence-electron chi connectivity index (χ4n) is 1.93. The SMILES string of the molecule is COc1ccc(CC(C)C(N)C(C)C)cc1. The zero-order valence-corrected chi connectivity index (χ0v) is 10.7. The van der Waals surface area contributed by atoms with Gasteiger partial charge in [-0.15, -0.1) is 0 Å². The Hall–Kier alpha value is -1.02. The molecular weight excluding hydrogens is 198 g/mol. The lowest BCUT2D eigenvalue weighted by molar-refractivity contribution is 0.361. The summed E-state index contributed by atoms with van der Waals surface area (Å²) in [5.74, 6) is 1.95. The van der Waals surface area contributed by atoms with E-state index in [1.54, 1.807) is 7.11 Å². The molecule has 0 radical (unpaired) electrons. The van der Waals surface area contributed by atoms with E-state index < -0.39 is 0 Å². The van der Waals surface area contributed by atoms with Crippen molar-refractivity contribution in [1.82, 2.24) is 0 Å². The van der Waals surface area contributed by atoms with Crippen molar-refractivity contribution < 1.29 is 4.74 Å². The minimum atomic E-state index is 0.266. The molecule has 90 valence electrons. The Balaban J connectivity index is 2.59. The van der Waals surface area contributed by atoms with Crippen LogP contribution in [-0.4, -0.2) is 13.2 Å². The molecule has 0 aliphatic rings. The molecule has 0 aliphatic heterocycles. The maximum Gasteiger partial charge on any atom is 0.118 e. The van der Waals surface area contributed by atoms with Gasteiger partial charge in [-0.2, -0.15) is 0 Å². The van der Waals surface area contributed by atoms with Crippen LogP contribution in [0.4, 0.5) is 0 Å². The van der Waals surface area contributed by atoms with Gasteiger partial charge in [-0.05, 0) is 36.0 Å². The Kier molecular flexibility index (Phi) is 4.81. The summed E-state index contributed by atoms with van der Waals surface area (Å²) in [6.45, 7) is 6.57. The summed E-state index contributed by atoms with van der Waals surface area (Å²) in [5.41, 5.74) is 7.46. The molecule has 0 fully saturated rings. The summed E-state index contributed by atoms with van der Waals surface area (Å²) in [4.78, 5) is 0. The average Bonchev–Trinajstić information content (AvgIpc) is 2.28. The van der Waals surface area contributed by atoms with Crippen molar-refractivity contribution in [3.8, 4) is 5.75 Å². The second kappa shape index (κ2) is 5.90. The molecule has 1 aromatic rings. The number of hydrogen-bond donors (Lipinski definition) is 1. The molecular formula is C14H23NO. The minimum Gasteiger partial charge on any atom is -0.497 e. The number of methoxy groups -OCH3 is 1. The summed E-state index contributed by atoms with van der Waals surface area (Å²) in [5, 5.41) is 0. The van der Waals surface area contributed by atoms with Crippen molar-refractivity contribution in [2.24, 2.45) is 17.6 Å². The van der Waals surface area contributed by atoms with Gasteiger partial charge in [0.25, 0.3) is 0 Å². The van der Waals surface area contributed by atoms with Crippen molar-refractivity contribution in [3.05, 3.63) is 29.8 Å². The Morgan fingerprint density at radius 3 is 2.12 bits per heavy atom. The number of rotatable bonds is 5. The van der Waals surface area contributed by atoms with E-state index in [2.05, 4.69) is 32.9 Å². The molecule has 0 saturated heterocycles. The summed E-state index contributed by atoms with van der Waals surface area (Å²) < 4.78 is 5.14. The van der Waals surface area contributed by atoms with E-state index in [1.165, 1.54) is 5.56 Å². The third-order valence-electron chi connectivity index (χ3n) is 3.14. The van der Waals surface area contributed by atoms with Crippen LogP contribution in [0.2, 0.25) is 0 Å². The predicted octanol–water partition coefficient (Wildman–Crippen LogP) is 2.86. The Bertz CT molecular complexity index is 305. The highest BCUT2D eigenvalue weighted by atomic mass is 16.5. The largest absolute Gasteiger partial charge is 0.497 e. The van der Waals surface area contributed by atoms with Crippen molar-refractivity contribution in [2.75, 3.05) is 7.11 Å². The van der Waals surface area contributed by atoms with Crippen LogP contribution in [0.1, 0.15) is 26.3 Å². The fraction of sp³-hybridized carbons (Fsp3) is 0.571. The van der Waals surface area contributed by atoms with Crippen LogP contribution in [-0.2, 0) is 6.42 Å². The first-order chi connectivity index (χ1) is 7.54. The predicted molar refractivity (Wildman–Crippen MR) is 68.7 cm³/mol. The maximum atomic E-state index is 6.14. The van der Waals surface area contributed by atoms with Crippen LogP contribution in [0.15, 0.2) is 24.3 Å². The third-order valence-corrected chi connectivity index (χ3v) is 3.14. The summed E-state index contributed by atoms with van der Waals surface area (Å²) in [7, 11) is 1.69. The van der Waals surface area contributed by atoms with E-state index in [1.807, 2.05) is 12.1 Å². The van der Waals surface area contributed by atoms with Crippen LogP contribution >= 0.6 is 0 Å². The van der Waals surface area contributed by atoms with Crippen molar-refractivity contribution in [1.29, 1.82) is 0 Å². The quantitative estimate of drug-likeness (QED) is 0.829. The van der Waals surface area contributed by atoms with Gasteiger partial charge in [0, 0.05) is 6.04 Å². The van der Waals surface area contributed by atoms with Gasteiger partial charge in [-0.1, -0.05) is 32.9 Å². The highest BCUT2D eigenvalue weighted by molar-refractivity contribution is 5.27. The van der Waals surface area contributed by atoms with Crippen LogP contribution in [0, 0.1) is 11.8 Å². The monoisotopic (exact) mass is 221 g/mol. The molecule has 0 amide bonds. The van der Waals surface area contributed by atoms with E-state index in [-0.39, 0.29) is 6.04 Å². The van der Waals surface area contributed by atoms with Gasteiger partial charge in [0.05, 0.1) is 7.11 Å². The van der Waals surface area contributed by atoms with Gasteiger partial charge in [-0.3, -0.25) is 0 Å². The van der Waals surface area contributed by atoms with Crippen molar-refractivity contribution in [3.63, 3.8) is 0 Å². The minimum absolute atomic E-state index is 0.266. The third kappa shape index (κ3) is 3.53. The van der Waals surface area contributed by atoms with E-state index in [0.29, 0.717) is 11.8 Å². The van der Waals surface area contributed by atoms with E-state index in [9.17, 15) is 0 Å². The Labute approximate surface area is 98.8 Å². The fourth-order valence-corrected chi connectivity index (χ4v) is 1.93. The lowest BCUT2D eigenvalue weighted by Gasteiger charge is -2.23.